The van der Waals surface area contributed by atoms with Crippen LogP contribution >= 0.6 is 11.6 Å². The lowest BCUT2D eigenvalue weighted by Crippen LogP contribution is -2.34. The number of hydrogen-bond donors (Lipinski definition) is 2. The van der Waals surface area contributed by atoms with E-state index in [4.69, 9.17) is 21.4 Å². The molecule has 2 aromatic heterocycles. The van der Waals surface area contributed by atoms with Gasteiger partial charge in [0.1, 0.15) is 11.6 Å². The summed E-state index contributed by atoms with van der Waals surface area (Å²) in [6, 6.07) is 14.6. The molecule has 0 aliphatic carbocycles. The second-order valence-electron chi connectivity index (χ2n) is 8.61. The maximum atomic E-state index is 12.9. The van der Waals surface area contributed by atoms with E-state index in [1.54, 1.807) is 55.3 Å². The number of carboxylic acids is 1. The lowest BCUT2D eigenvalue weighted by molar-refractivity contribution is -0.126. The van der Waals surface area contributed by atoms with E-state index < -0.39 is 5.97 Å². The predicted molar refractivity (Wildman–Crippen MR) is 143 cm³/mol. The minimum atomic E-state index is -1.17. The highest BCUT2D eigenvalue weighted by molar-refractivity contribution is 6.30. The minimum Gasteiger partial charge on any atom is -0.477 e. The zero-order chi connectivity index (χ0) is 27.8. The van der Waals surface area contributed by atoms with Crippen molar-refractivity contribution in [3.8, 4) is 11.6 Å². The number of nitrogens with zero attached hydrogens (tertiary/aromatic N) is 4. The van der Waals surface area contributed by atoms with Crippen LogP contribution in [0.15, 0.2) is 66.5 Å². The van der Waals surface area contributed by atoms with Gasteiger partial charge in [0, 0.05) is 30.3 Å². The molecule has 0 fully saturated rings. The Hall–Kier alpha value is -4.44. The van der Waals surface area contributed by atoms with Gasteiger partial charge in [-0.05, 0) is 56.7 Å². The summed E-state index contributed by atoms with van der Waals surface area (Å²) in [5.74, 6) is -0.416. The van der Waals surface area contributed by atoms with Crippen LogP contribution in [0.3, 0.4) is 0 Å². The average Bonchev–Trinajstić information content (AvgIpc) is 2.89. The van der Waals surface area contributed by atoms with Gasteiger partial charge in [0.2, 0.25) is 18.2 Å². The molecule has 3 aromatic rings. The summed E-state index contributed by atoms with van der Waals surface area (Å²) in [5.41, 5.74) is 1.13. The monoisotopic (exact) mass is 537 g/mol. The van der Waals surface area contributed by atoms with E-state index in [1.165, 1.54) is 29.2 Å². The smallest absolute Gasteiger partial charge is 0.354 e. The topological polar surface area (TPSA) is 125 Å². The summed E-state index contributed by atoms with van der Waals surface area (Å²) >= 11 is 5.98. The van der Waals surface area contributed by atoms with Crippen molar-refractivity contribution in [2.24, 2.45) is 0 Å². The number of pyridine rings is 2. The van der Waals surface area contributed by atoms with E-state index in [2.05, 4.69) is 15.3 Å². The van der Waals surface area contributed by atoms with Gasteiger partial charge in [0.15, 0.2) is 11.4 Å². The number of carbonyl (C=O) groups is 3. The molecular weight excluding hydrogens is 510 g/mol. The van der Waals surface area contributed by atoms with Crippen molar-refractivity contribution in [2.45, 2.75) is 33.4 Å². The van der Waals surface area contributed by atoms with Gasteiger partial charge in [0.05, 0.1) is 12.2 Å². The van der Waals surface area contributed by atoms with Gasteiger partial charge in [0.25, 0.3) is 0 Å². The number of aryl methyl sites for hydroxylation is 1. The van der Waals surface area contributed by atoms with Crippen molar-refractivity contribution in [2.75, 3.05) is 12.4 Å². The molecule has 0 aliphatic rings. The van der Waals surface area contributed by atoms with Crippen LogP contribution in [-0.2, 0) is 16.1 Å². The fourth-order valence-corrected chi connectivity index (χ4v) is 3.32. The maximum absolute atomic E-state index is 12.9. The Kier molecular flexibility index (Phi) is 9.39. The summed E-state index contributed by atoms with van der Waals surface area (Å²) in [6.07, 6.45) is 1.97. The van der Waals surface area contributed by atoms with Crippen molar-refractivity contribution in [3.63, 3.8) is 0 Å². The number of likely N-dealkylation sites (N-methyl/N-ethyl adjacent to an activating group) is 1. The summed E-state index contributed by atoms with van der Waals surface area (Å²) < 4.78 is 5.72. The second kappa shape index (κ2) is 12.7. The van der Waals surface area contributed by atoms with Gasteiger partial charge in [-0.15, -0.1) is 0 Å². The number of rotatable bonds is 11. The zero-order valence-electron chi connectivity index (χ0n) is 21.4. The molecule has 2 amide bonds. The molecule has 0 radical (unpaired) electrons. The first-order chi connectivity index (χ1) is 18.1. The third-order valence-corrected chi connectivity index (χ3v) is 5.79. The maximum Gasteiger partial charge on any atom is 0.354 e. The quantitative estimate of drug-likeness (QED) is 0.266. The normalized spacial score (nSPS) is 11.2. The summed E-state index contributed by atoms with van der Waals surface area (Å²) in [7, 11) is 1.67. The molecule has 0 atom stereocenters. The van der Waals surface area contributed by atoms with Crippen LogP contribution in [-0.4, -0.2) is 56.3 Å². The third-order valence-electron chi connectivity index (χ3n) is 5.54. The van der Waals surface area contributed by atoms with E-state index in [0.717, 1.165) is 5.56 Å². The Morgan fingerprint density at radius 1 is 1.11 bits per heavy atom. The number of carbonyl (C=O) groups excluding carboxylic acids is 2. The fraction of sp³-hybridized carbons (Fsp3) is 0.222. The van der Waals surface area contributed by atoms with E-state index in [9.17, 15) is 14.4 Å². The number of carboxylic acid groups (broad SMARTS) is 1. The predicted octanol–water partition coefficient (Wildman–Crippen LogP) is 4.71. The van der Waals surface area contributed by atoms with E-state index in [0.29, 0.717) is 28.7 Å². The molecule has 0 spiro atoms. The second-order valence-corrected chi connectivity index (χ2v) is 9.04. The molecule has 38 heavy (non-hydrogen) atoms. The summed E-state index contributed by atoms with van der Waals surface area (Å²) in [5, 5.41) is 12.8. The van der Waals surface area contributed by atoms with E-state index >= 15 is 0 Å². The van der Waals surface area contributed by atoms with Gasteiger partial charge in [-0.25, -0.2) is 14.8 Å². The Bertz CT molecular complexity index is 1340. The van der Waals surface area contributed by atoms with Crippen molar-refractivity contribution < 1.29 is 24.2 Å². The molecule has 0 unspecified atom stereocenters. The number of ether oxygens (including phenoxy) is 1. The Balaban J connectivity index is 1.88. The number of halogens is 1. The van der Waals surface area contributed by atoms with Crippen LogP contribution in [0, 0.1) is 6.92 Å². The molecule has 0 saturated carbocycles. The van der Waals surface area contributed by atoms with Gasteiger partial charge in [-0.1, -0.05) is 29.8 Å². The van der Waals surface area contributed by atoms with Gasteiger partial charge >= 0.3 is 5.97 Å². The summed E-state index contributed by atoms with van der Waals surface area (Å²) in [4.78, 5) is 47.5. The Morgan fingerprint density at radius 3 is 2.42 bits per heavy atom. The van der Waals surface area contributed by atoms with Crippen LogP contribution in [0.4, 0.5) is 5.82 Å². The molecule has 0 saturated heterocycles. The molecule has 1 aromatic carbocycles. The molecule has 10 nitrogen and oxygen atoms in total. The number of anilines is 1. The minimum absolute atomic E-state index is 0.0500. The first-order valence-electron chi connectivity index (χ1n) is 11.6. The van der Waals surface area contributed by atoms with Gasteiger partial charge < -0.3 is 20.1 Å². The largest absolute Gasteiger partial charge is 0.477 e. The highest BCUT2D eigenvalue weighted by Crippen LogP contribution is 2.25. The molecule has 3 rings (SSSR count). The fourth-order valence-electron chi connectivity index (χ4n) is 3.19. The molecule has 0 bridgehead atoms. The van der Waals surface area contributed by atoms with Crippen molar-refractivity contribution >= 4 is 35.7 Å². The van der Waals surface area contributed by atoms with Crippen LogP contribution in [0.5, 0.6) is 11.6 Å². The summed E-state index contributed by atoms with van der Waals surface area (Å²) in [6.45, 7) is 5.65. The highest BCUT2D eigenvalue weighted by Gasteiger charge is 2.17. The first kappa shape index (κ1) is 28.1. The number of aromatic nitrogens is 2. The molecule has 198 valence electrons. The lowest BCUT2D eigenvalue weighted by atomic mass is 10.2. The van der Waals surface area contributed by atoms with Crippen molar-refractivity contribution in [1.29, 1.82) is 0 Å². The molecule has 2 N–H and O–H groups in total. The van der Waals surface area contributed by atoms with Crippen LogP contribution < -0.4 is 10.1 Å². The molecule has 2 heterocycles. The number of benzene rings is 1. The van der Waals surface area contributed by atoms with Crippen LogP contribution in [0.1, 0.15) is 35.6 Å². The highest BCUT2D eigenvalue weighted by atomic mass is 35.5. The van der Waals surface area contributed by atoms with Crippen LogP contribution in [0.25, 0.3) is 0 Å². The number of amides is 2. The van der Waals surface area contributed by atoms with Crippen molar-refractivity contribution in [3.05, 3.63) is 88.5 Å². The first-order valence-corrected chi connectivity index (χ1v) is 12.0. The average molecular weight is 538 g/mol. The van der Waals surface area contributed by atoms with E-state index in [1.807, 2.05) is 13.8 Å². The zero-order valence-corrected chi connectivity index (χ0v) is 22.1. The van der Waals surface area contributed by atoms with Gasteiger partial charge in [-0.2, -0.15) is 0 Å². The third kappa shape index (κ3) is 7.53. The standard InChI is InChI=1S/C27H28ClN5O5/c1-17(2)32(4)26(35)14-24(33(16-34)15-19-8-10-20(28)11-9-19)31-23-13-12-22(18(3)29-23)38-25-7-5-6-21(30-25)27(36)37/h5-14,16-17H,15H2,1-4H3,(H,29,31)(H,36,37)/b24-14-. The Labute approximate surface area is 225 Å². The Morgan fingerprint density at radius 2 is 1.82 bits per heavy atom. The van der Waals surface area contributed by atoms with Crippen molar-refractivity contribution in [1.82, 2.24) is 19.8 Å². The lowest BCUT2D eigenvalue weighted by Gasteiger charge is -2.25. The SMILES string of the molecule is Cc1nc(N/C(=C/C(=O)N(C)C(C)C)N(C=O)Cc2ccc(Cl)cc2)ccc1Oc1cccc(C(=O)O)n1. The number of nitrogens with one attached hydrogen (secondary N) is 1. The molecule has 0 aliphatic heterocycles. The number of hydrogen-bond acceptors (Lipinski definition) is 7. The van der Waals surface area contributed by atoms with Gasteiger partial charge in [-0.3, -0.25) is 14.5 Å². The molecule has 11 heteroatoms. The van der Waals surface area contributed by atoms with E-state index in [-0.39, 0.29) is 35.9 Å². The molecular formula is C27H28ClN5O5. The number of aromatic carboxylic acids is 1. The van der Waals surface area contributed by atoms with Crippen LogP contribution in [0.2, 0.25) is 5.02 Å².